The number of carbonyl (C=O) groups excluding carboxylic acids is 2. The van der Waals surface area contributed by atoms with Gasteiger partial charge in [0.05, 0.1) is 11.4 Å². The zero-order valence-electron chi connectivity index (χ0n) is 12.1. The van der Waals surface area contributed by atoms with Crippen molar-refractivity contribution in [3.8, 4) is 0 Å². The molecule has 0 atom stereocenters. The molecule has 2 amide bonds. The summed E-state index contributed by atoms with van der Waals surface area (Å²) < 4.78 is 0.901. The second kappa shape index (κ2) is 7.31. The first-order valence-electron chi connectivity index (χ1n) is 6.89. The molecule has 0 bridgehead atoms. The molecule has 7 heteroatoms. The fourth-order valence-corrected chi connectivity index (χ4v) is 4.00. The lowest BCUT2D eigenvalue weighted by Gasteiger charge is -2.14. The minimum Gasteiger partial charge on any atom is -0.268 e. The normalized spacial score (nSPS) is 16.3. The van der Waals surface area contributed by atoms with Crippen molar-refractivity contribution in [2.75, 3.05) is 0 Å². The number of rotatable bonds is 3. The van der Waals surface area contributed by atoms with E-state index in [1.807, 2.05) is 24.3 Å². The summed E-state index contributed by atoms with van der Waals surface area (Å²) in [7, 11) is 0. The molecule has 0 N–H and O–H groups in total. The molecule has 0 saturated carbocycles. The molecule has 3 nitrogen and oxygen atoms in total. The topological polar surface area (TPSA) is 37.4 Å². The summed E-state index contributed by atoms with van der Waals surface area (Å²) in [6.07, 6.45) is 1.70. The van der Waals surface area contributed by atoms with Gasteiger partial charge in [0, 0.05) is 20.1 Å². The van der Waals surface area contributed by atoms with Gasteiger partial charge in [0.25, 0.3) is 11.1 Å². The molecule has 1 aliphatic heterocycles. The molecule has 0 aromatic heterocycles. The molecule has 1 aliphatic rings. The molecule has 1 heterocycles. The van der Waals surface area contributed by atoms with Gasteiger partial charge in [-0.2, -0.15) is 0 Å². The maximum absolute atomic E-state index is 12.6. The summed E-state index contributed by atoms with van der Waals surface area (Å²) in [5.41, 5.74) is 1.40. The molecule has 0 unspecified atom stereocenters. The summed E-state index contributed by atoms with van der Waals surface area (Å²) in [6, 6.07) is 12.6. The maximum atomic E-state index is 12.6. The zero-order valence-corrected chi connectivity index (χ0v) is 16.0. The van der Waals surface area contributed by atoms with Gasteiger partial charge in [-0.25, -0.2) is 0 Å². The lowest BCUT2D eigenvalue weighted by atomic mass is 10.2. The molecule has 1 saturated heterocycles. The van der Waals surface area contributed by atoms with E-state index in [4.69, 9.17) is 23.2 Å². The Bertz CT molecular complexity index is 849. The second-order valence-electron chi connectivity index (χ2n) is 5.02. The standard InChI is InChI=1S/C17H10BrCl2NO2S/c18-11-4-1-3-10(7-11)8-15-16(22)21(17(23)24-15)9-12-13(19)5-2-6-14(12)20/h1-8H,9H2/b15-8-. The average molecular weight is 443 g/mol. The average Bonchev–Trinajstić information content (AvgIpc) is 2.78. The highest BCUT2D eigenvalue weighted by Gasteiger charge is 2.35. The Morgan fingerprint density at radius 1 is 1.08 bits per heavy atom. The molecule has 0 radical (unpaired) electrons. The molecular formula is C17H10BrCl2NO2S. The zero-order chi connectivity index (χ0) is 17.3. The van der Waals surface area contributed by atoms with E-state index < -0.39 is 0 Å². The van der Waals surface area contributed by atoms with Crippen LogP contribution in [0, 0.1) is 0 Å². The van der Waals surface area contributed by atoms with Crippen LogP contribution in [0.4, 0.5) is 4.79 Å². The smallest absolute Gasteiger partial charge is 0.268 e. The van der Waals surface area contributed by atoms with Crippen LogP contribution in [-0.4, -0.2) is 16.0 Å². The monoisotopic (exact) mass is 441 g/mol. The molecule has 2 aromatic carbocycles. The molecule has 0 spiro atoms. The highest BCUT2D eigenvalue weighted by Crippen LogP contribution is 2.35. The van der Waals surface area contributed by atoms with Crippen molar-refractivity contribution < 1.29 is 9.59 Å². The fourth-order valence-electron chi connectivity index (χ4n) is 2.23. The Kier molecular flexibility index (Phi) is 5.35. The van der Waals surface area contributed by atoms with E-state index in [0.29, 0.717) is 20.5 Å². The summed E-state index contributed by atoms with van der Waals surface area (Å²) in [5.74, 6) is -0.346. The Hall–Kier alpha value is -1.27. The van der Waals surface area contributed by atoms with Crippen LogP contribution < -0.4 is 0 Å². The molecule has 122 valence electrons. The van der Waals surface area contributed by atoms with Gasteiger partial charge in [-0.3, -0.25) is 14.5 Å². The largest absolute Gasteiger partial charge is 0.293 e. The van der Waals surface area contributed by atoms with Crippen LogP contribution in [0.25, 0.3) is 6.08 Å². The quantitative estimate of drug-likeness (QED) is 0.547. The van der Waals surface area contributed by atoms with Gasteiger partial charge in [0.15, 0.2) is 0 Å². The third-order valence-electron chi connectivity index (χ3n) is 3.40. The summed E-state index contributed by atoms with van der Waals surface area (Å²) in [6.45, 7) is 0.0546. The molecule has 1 fully saturated rings. The Morgan fingerprint density at radius 2 is 1.75 bits per heavy atom. The number of thioether (sulfide) groups is 1. The lowest BCUT2D eigenvalue weighted by Crippen LogP contribution is -2.27. The number of imide groups is 1. The first-order valence-corrected chi connectivity index (χ1v) is 9.26. The molecular weight excluding hydrogens is 433 g/mol. The number of benzene rings is 2. The SMILES string of the molecule is O=C1S/C(=C\c2cccc(Br)c2)C(=O)N1Cc1c(Cl)cccc1Cl. The number of carbonyl (C=O) groups is 2. The van der Waals surface area contributed by atoms with E-state index in [0.717, 1.165) is 26.7 Å². The number of halogens is 3. The second-order valence-corrected chi connectivity index (χ2v) is 7.75. The van der Waals surface area contributed by atoms with Crippen LogP contribution in [0.15, 0.2) is 51.8 Å². The number of hydrogen-bond donors (Lipinski definition) is 0. The van der Waals surface area contributed by atoms with Crippen molar-refractivity contribution >= 4 is 68.1 Å². The van der Waals surface area contributed by atoms with Crippen LogP contribution >= 0.6 is 50.9 Å². The Labute approximate surface area is 161 Å². The number of amides is 2. The van der Waals surface area contributed by atoms with Crippen LogP contribution in [0.3, 0.4) is 0 Å². The van der Waals surface area contributed by atoms with Gasteiger partial charge >= 0.3 is 0 Å². The van der Waals surface area contributed by atoms with Crippen LogP contribution in [0.1, 0.15) is 11.1 Å². The fraction of sp³-hybridized carbons (Fsp3) is 0.0588. The third-order valence-corrected chi connectivity index (χ3v) is 5.51. The highest BCUT2D eigenvalue weighted by atomic mass is 79.9. The van der Waals surface area contributed by atoms with Gasteiger partial charge in [-0.1, -0.05) is 57.3 Å². The van der Waals surface area contributed by atoms with Crippen molar-refractivity contribution in [1.29, 1.82) is 0 Å². The predicted octanol–water partition coefficient (Wildman–Crippen LogP) is 5.99. The Morgan fingerprint density at radius 3 is 2.42 bits per heavy atom. The van der Waals surface area contributed by atoms with Crippen molar-refractivity contribution in [3.05, 3.63) is 73.0 Å². The molecule has 2 aromatic rings. The third kappa shape index (κ3) is 3.70. The van der Waals surface area contributed by atoms with E-state index in [1.165, 1.54) is 0 Å². The van der Waals surface area contributed by atoms with Gasteiger partial charge in [0.1, 0.15) is 0 Å². The van der Waals surface area contributed by atoms with E-state index in [1.54, 1.807) is 24.3 Å². The lowest BCUT2D eigenvalue weighted by molar-refractivity contribution is -0.123. The maximum Gasteiger partial charge on any atom is 0.293 e. The van der Waals surface area contributed by atoms with Crippen molar-refractivity contribution in [2.45, 2.75) is 6.54 Å². The van der Waals surface area contributed by atoms with Crippen molar-refractivity contribution in [1.82, 2.24) is 4.90 Å². The van der Waals surface area contributed by atoms with E-state index in [9.17, 15) is 9.59 Å². The van der Waals surface area contributed by atoms with Gasteiger partial charge in [-0.05, 0) is 47.7 Å². The summed E-state index contributed by atoms with van der Waals surface area (Å²) in [5, 5.41) is 0.521. The first-order chi connectivity index (χ1) is 11.5. The van der Waals surface area contributed by atoms with Gasteiger partial charge in [-0.15, -0.1) is 0 Å². The molecule has 0 aliphatic carbocycles. The summed E-state index contributed by atoms with van der Waals surface area (Å²) in [4.78, 5) is 26.3. The minimum absolute atomic E-state index is 0.0546. The number of hydrogen-bond acceptors (Lipinski definition) is 3. The highest BCUT2D eigenvalue weighted by molar-refractivity contribution is 9.10. The molecule has 24 heavy (non-hydrogen) atoms. The number of nitrogens with zero attached hydrogens (tertiary/aromatic N) is 1. The summed E-state index contributed by atoms with van der Waals surface area (Å²) >= 11 is 16.5. The van der Waals surface area contributed by atoms with E-state index in [2.05, 4.69) is 15.9 Å². The van der Waals surface area contributed by atoms with Gasteiger partial charge in [0.2, 0.25) is 0 Å². The van der Waals surface area contributed by atoms with Crippen LogP contribution in [-0.2, 0) is 11.3 Å². The van der Waals surface area contributed by atoms with E-state index >= 15 is 0 Å². The van der Waals surface area contributed by atoms with Crippen LogP contribution in [0.2, 0.25) is 10.0 Å². The Balaban J connectivity index is 1.87. The van der Waals surface area contributed by atoms with E-state index in [-0.39, 0.29) is 17.7 Å². The minimum atomic E-state index is -0.346. The molecule has 3 rings (SSSR count). The van der Waals surface area contributed by atoms with Crippen LogP contribution in [0.5, 0.6) is 0 Å². The first kappa shape index (κ1) is 17.5. The van der Waals surface area contributed by atoms with Gasteiger partial charge < -0.3 is 0 Å². The van der Waals surface area contributed by atoms with Crippen molar-refractivity contribution in [3.63, 3.8) is 0 Å². The van der Waals surface area contributed by atoms with Crippen molar-refractivity contribution in [2.24, 2.45) is 0 Å². The predicted molar refractivity (Wildman–Crippen MR) is 102 cm³/mol.